The van der Waals surface area contributed by atoms with Crippen LogP contribution in [0.25, 0.3) is 6.08 Å². The third-order valence-corrected chi connectivity index (χ3v) is 1.52. The number of nitro groups is 1. The molecule has 0 aromatic heterocycles. The predicted molar refractivity (Wildman–Crippen MR) is 53.4 cm³/mol. The molecule has 0 saturated heterocycles. The number of hydrogen-bond donors (Lipinski definition) is 0. The first-order chi connectivity index (χ1) is 7.18. The van der Waals surface area contributed by atoms with E-state index in [1.165, 1.54) is 6.08 Å². The van der Waals surface area contributed by atoms with Crippen molar-refractivity contribution in [2.24, 2.45) is 0 Å². The molecule has 0 radical (unpaired) electrons. The highest BCUT2D eigenvalue weighted by Crippen LogP contribution is 2.00. The molecule has 1 aromatic rings. The van der Waals surface area contributed by atoms with Crippen molar-refractivity contribution in [3.05, 3.63) is 52.1 Å². The molecule has 1 rings (SSSR count). The Hall–Kier alpha value is -2.17. The topological polar surface area (TPSA) is 69.4 Å². The van der Waals surface area contributed by atoms with Crippen molar-refractivity contribution in [3.8, 4) is 0 Å². The van der Waals surface area contributed by atoms with Crippen LogP contribution in [0.5, 0.6) is 0 Å². The van der Waals surface area contributed by atoms with E-state index in [0.717, 1.165) is 11.6 Å². The van der Waals surface area contributed by atoms with E-state index < -0.39 is 17.6 Å². The van der Waals surface area contributed by atoms with Gasteiger partial charge in [0.15, 0.2) is 0 Å². The van der Waals surface area contributed by atoms with Crippen LogP contribution < -0.4 is 0 Å². The second-order valence-electron chi connectivity index (χ2n) is 2.67. The zero-order valence-electron chi connectivity index (χ0n) is 7.83. The maximum atomic E-state index is 10.9. The summed E-state index contributed by atoms with van der Waals surface area (Å²) >= 11 is 0. The first-order valence-electron chi connectivity index (χ1n) is 4.20. The first kappa shape index (κ1) is 10.9. The molecule has 0 bridgehead atoms. The van der Waals surface area contributed by atoms with Gasteiger partial charge in [-0.3, -0.25) is 10.1 Å². The summed E-state index contributed by atoms with van der Waals surface area (Å²) in [4.78, 5) is 20.1. The smallest absolute Gasteiger partial charge is 0.346 e. The van der Waals surface area contributed by atoms with Crippen LogP contribution in [0.15, 0.2) is 36.4 Å². The van der Waals surface area contributed by atoms with Gasteiger partial charge >= 0.3 is 12.7 Å². The minimum absolute atomic E-state index is 0.714. The van der Waals surface area contributed by atoms with Crippen molar-refractivity contribution in [2.45, 2.75) is 0 Å². The molecule has 0 atom stereocenters. The number of carbonyl (C=O) groups is 1. The van der Waals surface area contributed by atoms with E-state index in [1.54, 1.807) is 12.1 Å². The fourth-order valence-electron chi connectivity index (χ4n) is 0.893. The van der Waals surface area contributed by atoms with E-state index in [-0.39, 0.29) is 0 Å². The average Bonchev–Trinajstić information content (AvgIpc) is 2.25. The summed E-state index contributed by atoms with van der Waals surface area (Å²) in [5, 5.41) is 9.88. The maximum Gasteiger partial charge on any atom is 0.346 e. The van der Waals surface area contributed by atoms with Gasteiger partial charge < -0.3 is 4.74 Å². The molecule has 0 aliphatic heterocycles. The highest BCUT2D eigenvalue weighted by Gasteiger charge is 2.01. The average molecular weight is 207 g/mol. The van der Waals surface area contributed by atoms with Crippen LogP contribution in [-0.2, 0) is 9.53 Å². The molecule has 0 amide bonds. The van der Waals surface area contributed by atoms with Gasteiger partial charge in [0.05, 0.1) is 4.92 Å². The van der Waals surface area contributed by atoms with Gasteiger partial charge in [0.1, 0.15) is 0 Å². The lowest BCUT2D eigenvalue weighted by Crippen LogP contribution is -2.09. The minimum Gasteiger partial charge on any atom is -0.397 e. The molecule has 78 valence electrons. The zero-order valence-corrected chi connectivity index (χ0v) is 7.83. The molecule has 0 spiro atoms. The van der Waals surface area contributed by atoms with Crippen molar-refractivity contribution < 1.29 is 14.5 Å². The first-order valence-corrected chi connectivity index (χ1v) is 4.20. The van der Waals surface area contributed by atoms with Crippen molar-refractivity contribution in [2.75, 3.05) is 6.73 Å². The summed E-state index contributed by atoms with van der Waals surface area (Å²) in [5.41, 5.74) is 0.829. The van der Waals surface area contributed by atoms with Crippen LogP contribution in [-0.4, -0.2) is 17.6 Å². The Morgan fingerprint density at radius 3 is 2.67 bits per heavy atom. The van der Waals surface area contributed by atoms with Crippen molar-refractivity contribution in [1.82, 2.24) is 0 Å². The summed E-state index contributed by atoms with van der Waals surface area (Å²) < 4.78 is 4.30. The van der Waals surface area contributed by atoms with Gasteiger partial charge in [-0.25, -0.2) is 4.79 Å². The maximum absolute atomic E-state index is 10.9. The van der Waals surface area contributed by atoms with E-state index >= 15 is 0 Å². The van der Waals surface area contributed by atoms with Gasteiger partial charge in [-0.05, 0) is 11.6 Å². The highest BCUT2D eigenvalue weighted by atomic mass is 16.7. The molecular formula is C10H9NO4. The number of ether oxygens (including phenoxy) is 1. The molecule has 0 N–H and O–H groups in total. The molecule has 0 aliphatic carbocycles. The third kappa shape index (κ3) is 4.56. The Bertz CT molecular complexity index is 372. The largest absolute Gasteiger partial charge is 0.397 e. The second-order valence-corrected chi connectivity index (χ2v) is 2.67. The standard InChI is InChI=1S/C10H9NO4/c12-10(15-8-11(13)14)7-6-9-4-2-1-3-5-9/h1-7H,8H2/b7-6+. The molecule has 0 unspecified atom stereocenters. The van der Waals surface area contributed by atoms with Crippen LogP contribution >= 0.6 is 0 Å². The van der Waals surface area contributed by atoms with Crippen LogP contribution in [0.2, 0.25) is 0 Å². The van der Waals surface area contributed by atoms with Crippen molar-refractivity contribution in [1.29, 1.82) is 0 Å². The summed E-state index contributed by atoms with van der Waals surface area (Å²) in [5.74, 6) is -0.726. The normalized spacial score (nSPS) is 10.1. The number of carbonyl (C=O) groups excluding carboxylic acids is 1. The SMILES string of the molecule is O=C(/C=C/c1ccccc1)OC[N+](=O)[O-]. The van der Waals surface area contributed by atoms with Crippen molar-refractivity contribution >= 4 is 12.0 Å². The lowest BCUT2D eigenvalue weighted by atomic mass is 10.2. The van der Waals surface area contributed by atoms with Gasteiger partial charge in [0.25, 0.3) is 0 Å². The van der Waals surface area contributed by atoms with Crippen LogP contribution in [0.1, 0.15) is 5.56 Å². The Morgan fingerprint density at radius 2 is 2.07 bits per heavy atom. The van der Waals surface area contributed by atoms with E-state index in [1.807, 2.05) is 18.2 Å². The van der Waals surface area contributed by atoms with Gasteiger partial charge in [-0.2, -0.15) is 0 Å². The molecule has 5 nitrogen and oxygen atoms in total. The van der Waals surface area contributed by atoms with Gasteiger partial charge in [-0.15, -0.1) is 0 Å². The number of esters is 1. The predicted octanol–water partition coefficient (Wildman–Crippen LogP) is 1.48. The molecular weight excluding hydrogens is 198 g/mol. The zero-order chi connectivity index (χ0) is 11.1. The Balaban J connectivity index is 2.44. The molecule has 5 heteroatoms. The van der Waals surface area contributed by atoms with Gasteiger partial charge in [-0.1, -0.05) is 30.3 Å². The number of rotatable bonds is 4. The van der Waals surface area contributed by atoms with Crippen LogP contribution in [0.4, 0.5) is 0 Å². The second kappa shape index (κ2) is 5.54. The van der Waals surface area contributed by atoms with E-state index in [9.17, 15) is 14.9 Å². The van der Waals surface area contributed by atoms with Crippen LogP contribution in [0.3, 0.4) is 0 Å². The summed E-state index contributed by atoms with van der Waals surface area (Å²) in [6, 6.07) is 9.10. The fourth-order valence-corrected chi connectivity index (χ4v) is 0.893. The number of benzene rings is 1. The number of nitrogens with zero attached hydrogens (tertiary/aromatic N) is 1. The highest BCUT2D eigenvalue weighted by molar-refractivity contribution is 5.86. The molecule has 1 aromatic carbocycles. The monoisotopic (exact) mass is 207 g/mol. The van der Waals surface area contributed by atoms with Crippen LogP contribution in [0, 0.1) is 10.1 Å². The summed E-state index contributed by atoms with van der Waals surface area (Å²) in [6.45, 7) is -0.808. The Labute approximate surface area is 86.1 Å². The summed E-state index contributed by atoms with van der Waals surface area (Å²) in [7, 11) is 0. The molecule has 0 heterocycles. The Kier molecular flexibility index (Phi) is 4.03. The molecule has 0 fully saturated rings. The summed E-state index contributed by atoms with van der Waals surface area (Å²) in [6.07, 6.45) is 2.68. The quantitative estimate of drug-likeness (QED) is 0.246. The van der Waals surface area contributed by atoms with Gasteiger partial charge in [0, 0.05) is 6.08 Å². The number of hydrogen-bond acceptors (Lipinski definition) is 4. The van der Waals surface area contributed by atoms with Crippen molar-refractivity contribution in [3.63, 3.8) is 0 Å². The lowest BCUT2D eigenvalue weighted by molar-refractivity contribution is -0.518. The van der Waals surface area contributed by atoms with Gasteiger partial charge in [0.2, 0.25) is 0 Å². The third-order valence-electron chi connectivity index (χ3n) is 1.52. The van der Waals surface area contributed by atoms with E-state index in [2.05, 4.69) is 4.74 Å². The Morgan fingerprint density at radius 1 is 1.40 bits per heavy atom. The minimum atomic E-state index is -0.808. The van der Waals surface area contributed by atoms with E-state index in [0.29, 0.717) is 0 Å². The van der Waals surface area contributed by atoms with E-state index in [4.69, 9.17) is 0 Å². The molecule has 15 heavy (non-hydrogen) atoms. The lowest BCUT2D eigenvalue weighted by Gasteiger charge is -1.94. The molecule has 0 aliphatic rings. The fraction of sp³-hybridized carbons (Fsp3) is 0.100. The molecule has 0 saturated carbocycles.